The predicted octanol–water partition coefficient (Wildman–Crippen LogP) is 4.19. The molecule has 74 valence electrons. The lowest BCUT2D eigenvalue weighted by atomic mass is 10.1. The van der Waals surface area contributed by atoms with Crippen molar-refractivity contribution in [2.45, 2.75) is 26.3 Å². The van der Waals surface area contributed by atoms with Gasteiger partial charge in [0.25, 0.3) is 0 Å². The lowest BCUT2D eigenvalue weighted by Gasteiger charge is -2.23. The van der Waals surface area contributed by atoms with E-state index in [0.717, 1.165) is 4.64 Å². The Hall–Kier alpha value is -0.670. The van der Waals surface area contributed by atoms with Crippen molar-refractivity contribution in [1.82, 2.24) is 4.57 Å². The van der Waals surface area contributed by atoms with Crippen LogP contribution >= 0.6 is 23.6 Å². The highest BCUT2D eigenvalue weighted by Gasteiger charge is 2.13. The van der Waals surface area contributed by atoms with Crippen molar-refractivity contribution in [3.05, 3.63) is 28.4 Å². The van der Waals surface area contributed by atoms with Gasteiger partial charge in [0.05, 0.1) is 4.70 Å². The van der Waals surface area contributed by atoms with E-state index in [1.165, 1.54) is 10.1 Å². The Morgan fingerprint density at radius 2 is 2.00 bits per heavy atom. The first-order valence-electron chi connectivity index (χ1n) is 4.59. The molecule has 2 rings (SSSR count). The van der Waals surface area contributed by atoms with Crippen LogP contribution < -0.4 is 0 Å². The van der Waals surface area contributed by atoms with Crippen LogP contribution in [0.4, 0.5) is 0 Å². The van der Waals surface area contributed by atoms with Crippen LogP contribution in [0.25, 0.3) is 10.1 Å². The number of fused-ring (bicyclic) bond motifs is 1. The van der Waals surface area contributed by atoms with E-state index in [1.807, 2.05) is 0 Å². The van der Waals surface area contributed by atoms with Gasteiger partial charge in [0.2, 0.25) is 0 Å². The molecule has 2 aromatic heterocycles. The molecule has 0 saturated heterocycles. The number of aromatic nitrogens is 1. The van der Waals surface area contributed by atoms with Crippen LogP contribution in [0.3, 0.4) is 0 Å². The molecule has 0 aliphatic rings. The summed E-state index contributed by atoms with van der Waals surface area (Å²) in [6, 6.07) is 4.25. The number of pyridine rings is 1. The Morgan fingerprint density at radius 1 is 1.29 bits per heavy atom. The number of thiophene rings is 1. The van der Waals surface area contributed by atoms with Gasteiger partial charge in [0.15, 0.2) is 0 Å². The van der Waals surface area contributed by atoms with Gasteiger partial charge in [0.1, 0.15) is 4.64 Å². The van der Waals surface area contributed by atoms with Crippen LogP contribution in [0.5, 0.6) is 0 Å². The minimum Gasteiger partial charge on any atom is -0.333 e. The summed E-state index contributed by atoms with van der Waals surface area (Å²) >= 11 is 7.19. The summed E-state index contributed by atoms with van der Waals surface area (Å²) in [5.74, 6) is 0. The second kappa shape index (κ2) is 3.17. The van der Waals surface area contributed by atoms with E-state index < -0.39 is 0 Å². The molecule has 0 aliphatic heterocycles. The van der Waals surface area contributed by atoms with Crippen LogP contribution in [0, 0.1) is 4.64 Å². The van der Waals surface area contributed by atoms with E-state index in [4.69, 9.17) is 12.2 Å². The van der Waals surface area contributed by atoms with Crippen molar-refractivity contribution in [2.75, 3.05) is 0 Å². The predicted molar refractivity (Wildman–Crippen MR) is 65.6 cm³/mol. The SMILES string of the molecule is CC(C)(C)n1ccc2ccsc2c1=S. The van der Waals surface area contributed by atoms with E-state index >= 15 is 0 Å². The number of rotatable bonds is 0. The smallest absolute Gasteiger partial charge is 0.124 e. The number of hydrogen-bond acceptors (Lipinski definition) is 2. The van der Waals surface area contributed by atoms with Crippen LogP contribution in [-0.2, 0) is 5.54 Å². The summed E-state index contributed by atoms with van der Waals surface area (Å²) in [4.78, 5) is 0. The van der Waals surface area contributed by atoms with Crippen molar-refractivity contribution in [2.24, 2.45) is 0 Å². The lowest BCUT2D eigenvalue weighted by molar-refractivity contribution is 0.392. The third-order valence-electron chi connectivity index (χ3n) is 2.23. The van der Waals surface area contributed by atoms with Crippen molar-refractivity contribution in [1.29, 1.82) is 0 Å². The fraction of sp³-hybridized carbons (Fsp3) is 0.364. The molecule has 3 heteroatoms. The first kappa shape index (κ1) is 9.87. The summed E-state index contributed by atoms with van der Waals surface area (Å²) < 4.78 is 4.32. The molecular formula is C11H13NS2. The number of nitrogens with zero attached hydrogens (tertiary/aromatic N) is 1. The molecule has 0 saturated carbocycles. The Kier molecular flexibility index (Phi) is 2.24. The molecule has 0 fully saturated rings. The van der Waals surface area contributed by atoms with Crippen LogP contribution in [0.15, 0.2) is 23.7 Å². The molecule has 0 bridgehead atoms. The molecule has 1 nitrogen and oxygen atoms in total. The van der Waals surface area contributed by atoms with Gasteiger partial charge >= 0.3 is 0 Å². The normalized spacial score (nSPS) is 12.2. The van der Waals surface area contributed by atoms with E-state index in [9.17, 15) is 0 Å². The quantitative estimate of drug-likeness (QED) is 0.606. The third-order valence-corrected chi connectivity index (χ3v) is 3.70. The molecule has 0 radical (unpaired) electrons. The molecule has 0 unspecified atom stereocenters. The van der Waals surface area contributed by atoms with Crippen molar-refractivity contribution in [3.8, 4) is 0 Å². The first-order chi connectivity index (χ1) is 6.50. The maximum Gasteiger partial charge on any atom is 0.124 e. The zero-order chi connectivity index (χ0) is 10.3. The van der Waals surface area contributed by atoms with Gasteiger partial charge in [-0.25, -0.2) is 0 Å². The Balaban J connectivity index is 2.81. The fourth-order valence-corrected chi connectivity index (χ4v) is 2.90. The lowest BCUT2D eigenvalue weighted by Crippen LogP contribution is -2.22. The highest BCUT2D eigenvalue weighted by molar-refractivity contribution is 7.71. The standard InChI is InChI=1S/C11H13NS2/c1-11(2,3)12-6-4-8-5-7-14-9(8)10(12)13/h4-7H,1-3H3. The molecular weight excluding hydrogens is 210 g/mol. The molecule has 2 heterocycles. The zero-order valence-corrected chi connectivity index (χ0v) is 10.2. The summed E-state index contributed by atoms with van der Waals surface area (Å²) in [7, 11) is 0. The molecule has 0 aromatic carbocycles. The van der Waals surface area contributed by atoms with Crippen molar-refractivity contribution in [3.63, 3.8) is 0 Å². The van der Waals surface area contributed by atoms with E-state index in [1.54, 1.807) is 11.3 Å². The monoisotopic (exact) mass is 223 g/mol. The summed E-state index contributed by atoms with van der Waals surface area (Å²) in [6.07, 6.45) is 2.08. The van der Waals surface area contributed by atoms with Gasteiger partial charge in [-0.3, -0.25) is 0 Å². The van der Waals surface area contributed by atoms with Crippen LogP contribution in [0.1, 0.15) is 20.8 Å². The van der Waals surface area contributed by atoms with E-state index in [2.05, 4.69) is 49.0 Å². The average molecular weight is 223 g/mol. The van der Waals surface area contributed by atoms with Crippen LogP contribution in [-0.4, -0.2) is 4.57 Å². The summed E-state index contributed by atoms with van der Waals surface area (Å²) in [6.45, 7) is 6.51. The fourth-order valence-electron chi connectivity index (χ4n) is 1.48. The highest BCUT2D eigenvalue weighted by atomic mass is 32.1. The zero-order valence-electron chi connectivity index (χ0n) is 8.57. The third kappa shape index (κ3) is 1.51. The number of hydrogen-bond donors (Lipinski definition) is 0. The Bertz CT molecular complexity index is 514. The van der Waals surface area contributed by atoms with Gasteiger partial charge in [-0.05, 0) is 43.7 Å². The summed E-state index contributed by atoms with van der Waals surface area (Å²) in [5.41, 5.74) is 0.0647. The van der Waals surface area contributed by atoms with Gasteiger partial charge in [-0.1, -0.05) is 12.2 Å². The molecule has 0 spiro atoms. The Morgan fingerprint density at radius 3 is 2.64 bits per heavy atom. The maximum atomic E-state index is 5.47. The average Bonchev–Trinajstić information content (AvgIpc) is 2.50. The molecule has 0 amide bonds. The second-order valence-electron chi connectivity index (χ2n) is 4.37. The first-order valence-corrected chi connectivity index (χ1v) is 5.88. The minimum absolute atomic E-state index is 0.0647. The molecule has 0 aliphatic carbocycles. The van der Waals surface area contributed by atoms with Crippen molar-refractivity contribution >= 4 is 33.6 Å². The van der Waals surface area contributed by atoms with E-state index in [-0.39, 0.29) is 5.54 Å². The van der Waals surface area contributed by atoms with Gasteiger partial charge in [-0.15, -0.1) is 11.3 Å². The second-order valence-corrected chi connectivity index (χ2v) is 5.67. The maximum absolute atomic E-state index is 5.47. The van der Waals surface area contributed by atoms with Crippen LogP contribution in [0.2, 0.25) is 0 Å². The Labute approximate surface area is 93.0 Å². The topological polar surface area (TPSA) is 4.93 Å². The van der Waals surface area contributed by atoms with Gasteiger partial charge < -0.3 is 4.57 Å². The van der Waals surface area contributed by atoms with Gasteiger partial charge in [0, 0.05) is 11.7 Å². The van der Waals surface area contributed by atoms with Gasteiger partial charge in [-0.2, -0.15) is 0 Å². The molecule has 0 N–H and O–H groups in total. The minimum atomic E-state index is 0.0647. The molecule has 0 atom stereocenters. The molecule has 14 heavy (non-hydrogen) atoms. The molecule has 2 aromatic rings. The summed E-state index contributed by atoms with van der Waals surface area (Å²) in [5, 5.41) is 3.34. The van der Waals surface area contributed by atoms with Crippen molar-refractivity contribution < 1.29 is 0 Å². The van der Waals surface area contributed by atoms with E-state index in [0.29, 0.717) is 0 Å². The highest BCUT2D eigenvalue weighted by Crippen LogP contribution is 2.25. The largest absolute Gasteiger partial charge is 0.333 e.